The lowest BCUT2D eigenvalue weighted by Gasteiger charge is -2.25. The Balaban J connectivity index is 1.64. The fourth-order valence-corrected chi connectivity index (χ4v) is 2.27. The van der Waals surface area contributed by atoms with E-state index in [2.05, 4.69) is 10.6 Å². The van der Waals surface area contributed by atoms with Crippen molar-refractivity contribution in [2.75, 3.05) is 10.6 Å². The average Bonchev–Trinajstić information content (AvgIpc) is 2.50. The first-order valence-electron chi connectivity index (χ1n) is 6.74. The number of amides is 2. The smallest absolute Gasteiger partial charge is 0.266 e. The van der Waals surface area contributed by atoms with Crippen LogP contribution in [0.5, 0.6) is 5.75 Å². The molecule has 1 heterocycles. The zero-order valence-corrected chi connectivity index (χ0v) is 12.3. The number of carbonyl (C=O) groups is 2. The Morgan fingerprint density at radius 2 is 1.91 bits per heavy atom. The van der Waals surface area contributed by atoms with Gasteiger partial charge < -0.3 is 15.4 Å². The average molecular weight is 317 g/mol. The number of fused-ring (bicyclic) bond motifs is 1. The maximum atomic E-state index is 12.0. The van der Waals surface area contributed by atoms with Crippen molar-refractivity contribution in [3.8, 4) is 5.75 Å². The van der Waals surface area contributed by atoms with Crippen LogP contribution in [0.4, 0.5) is 11.4 Å². The fraction of sp³-hybridized carbons (Fsp3) is 0.125. The van der Waals surface area contributed by atoms with Gasteiger partial charge in [-0.05, 0) is 36.4 Å². The molecule has 3 rings (SSSR count). The monoisotopic (exact) mass is 316 g/mol. The third-order valence-electron chi connectivity index (χ3n) is 3.21. The molecule has 2 N–H and O–H groups in total. The second kappa shape index (κ2) is 6.07. The zero-order valence-electron chi connectivity index (χ0n) is 11.5. The lowest BCUT2D eigenvalue weighted by atomic mass is 10.1. The van der Waals surface area contributed by atoms with Gasteiger partial charge in [-0.1, -0.05) is 23.7 Å². The molecule has 22 heavy (non-hydrogen) atoms. The lowest BCUT2D eigenvalue weighted by molar-refractivity contribution is -0.128. The van der Waals surface area contributed by atoms with Crippen LogP contribution in [0.15, 0.2) is 48.5 Å². The molecule has 2 aromatic carbocycles. The Bertz CT molecular complexity index is 716. The number of nitrogens with one attached hydrogen (secondary N) is 2. The van der Waals surface area contributed by atoms with Gasteiger partial charge in [0, 0.05) is 10.7 Å². The summed E-state index contributed by atoms with van der Waals surface area (Å²) in [5.74, 6) is -0.0711. The molecule has 1 atom stereocenters. The van der Waals surface area contributed by atoms with Crippen molar-refractivity contribution in [3.63, 3.8) is 0 Å². The molecule has 112 valence electrons. The van der Waals surface area contributed by atoms with E-state index in [9.17, 15) is 9.59 Å². The number of hydrogen-bond donors (Lipinski definition) is 2. The van der Waals surface area contributed by atoms with Crippen LogP contribution in [-0.4, -0.2) is 17.9 Å². The van der Waals surface area contributed by atoms with E-state index in [4.69, 9.17) is 16.3 Å². The van der Waals surface area contributed by atoms with E-state index in [1.54, 1.807) is 48.5 Å². The molecule has 1 aliphatic rings. The summed E-state index contributed by atoms with van der Waals surface area (Å²) in [6.45, 7) is 0. The van der Waals surface area contributed by atoms with Crippen LogP contribution in [-0.2, 0) is 9.59 Å². The third-order valence-corrected chi connectivity index (χ3v) is 3.46. The molecule has 2 amide bonds. The fourth-order valence-electron chi connectivity index (χ4n) is 2.14. The van der Waals surface area contributed by atoms with Gasteiger partial charge in [0.05, 0.1) is 12.1 Å². The molecule has 0 spiro atoms. The number of benzene rings is 2. The Morgan fingerprint density at radius 1 is 1.18 bits per heavy atom. The van der Waals surface area contributed by atoms with Gasteiger partial charge in [-0.3, -0.25) is 9.59 Å². The highest BCUT2D eigenvalue weighted by Crippen LogP contribution is 2.29. The molecule has 0 fully saturated rings. The SMILES string of the molecule is O=C(CC1Oc2ccccc2NC1=O)Nc1ccc(Cl)cc1. The topological polar surface area (TPSA) is 67.4 Å². The normalized spacial score (nSPS) is 16.2. The van der Waals surface area contributed by atoms with Crippen LogP contribution in [0.1, 0.15) is 6.42 Å². The van der Waals surface area contributed by atoms with Crippen molar-refractivity contribution in [2.24, 2.45) is 0 Å². The number of anilines is 2. The standard InChI is InChI=1S/C16H13ClN2O3/c17-10-5-7-11(8-6-10)18-15(20)9-14-16(21)19-12-3-1-2-4-13(12)22-14/h1-8,14H,9H2,(H,18,20)(H,19,21). The van der Waals surface area contributed by atoms with Crippen molar-refractivity contribution < 1.29 is 14.3 Å². The maximum Gasteiger partial charge on any atom is 0.266 e. The van der Waals surface area contributed by atoms with Gasteiger partial charge in [-0.2, -0.15) is 0 Å². The largest absolute Gasteiger partial charge is 0.478 e. The third kappa shape index (κ3) is 3.20. The molecule has 6 heteroatoms. The molecule has 0 saturated carbocycles. The minimum Gasteiger partial charge on any atom is -0.478 e. The lowest BCUT2D eigenvalue weighted by Crippen LogP contribution is -2.39. The van der Waals surface area contributed by atoms with Crippen LogP contribution in [0.25, 0.3) is 0 Å². The molecule has 5 nitrogen and oxygen atoms in total. The van der Waals surface area contributed by atoms with Crippen LogP contribution in [0.3, 0.4) is 0 Å². The van der Waals surface area contributed by atoms with Crippen LogP contribution >= 0.6 is 11.6 Å². The van der Waals surface area contributed by atoms with E-state index in [1.165, 1.54) is 0 Å². The molecule has 2 aromatic rings. The number of ether oxygens (including phenoxy) is 1. The van der Waals surface area contributed by atoms with Crippen molar-refractivity contribution in [2.45, 2.75) is 12.5 Å². The van der Waals surface area contributed by atoms with Crippen LogP contribution in [0.2, 0.25) is 5.02 Å². The van der Waals surface area contributed by atoms with Gasteiger partial charge >= 0.3 is 0 Å². The molecule has 0 aliphatic carbocycles. The summed E-state index contributed by atoms with van der Waals surface area (Å²) in [5.41, 5.74) is 1.23. The van der Waals surface area contributed by atoms with Gasteiger partial charge in [0.1, 0.15) is 5.75 Å². The first kappa shape index (κ1) is 14.4. The molecular formula is C16H13ClN2O3. The predicted octanol–water partition coefficient (Wildman–Crippen LogP) is 3.07. The predicted molar refractivity (Wildman–Crippen MR) is 84.2 cm³/mol. The summed E-state index contributed by atoms with van der Waals surface area (Å²) in [4.78, 5) is 24.0. The van der Waals surface area contributed by atoms with E-state index in [0.29, 0.717) is 22.1 Å². The van der Waals surface area contributed by atoms with Crippen molar-refractivity contribution in [3.05, 3.63) is 53.6 Å². The van der Waals surface area contributed by atoms with E-state index >= 15 is 0 Å². The quantitative estimate of drug-likeness (QED) is 0.914. The number of carbonyl (C=O) groups excluding carboxylic acids is 2. The Hall–Kier alpha value is -2.53. The summed E-state index contributed by atoms with van der Waals surface area (Å²) in [5, 5.41) is 6.02. The first-order valence-corrected chi connectivity index (χ1v) is 7.11. The van der Waals surface area contributed by atoms with Crippen molar-refractivity contribution in [1.82, 2.24) is 0 Å². The zero-order chi connectivity index (χ0) is 15.5. The molecule has 1 aliphatic heterocycles. The number of rotatable bonds is 3. The van der Waals surface area contributed by atoms with Gasteiger partial charge in [-0.25, -0.2) is 0 Å². The van der Waals surface area contributed by atoms with Gasteiger partial charge in [0.2, 0.25) is 5.91 Å². The summed E-state index contributed by atoms with van der Waals surface area (Å²) in [6.07, 6.45) is -0.912. The van der Waals surface area contributed by atoms with E-state index in [0.717, 1.165) is 0 Å². The van der Waals surface area contributed by atoms with E-state index < -0.39 is 6.10 Å². The molecule has 0 aromatic heterocycles. The maximum absolute atomic E-state index is 12.0. The Kier molecular flexibility index (Phi) is 3.98. The second-order valence-electron chi connectivity index (χ2n) is 4.85. The summed E-state index contributed by atoms with van der Waals surface area (Å²) >= 11 is 5.79. The second-order valence-corrected chi connectivity index (χ2v) is 5.29. The minimum atomic E-state index is -0.845. The number of hydrogen-bond acceptors (Lipinski definition) is 3. The molecule has 0 saturated heterocycles. The number of halogens is 1. The molecule has 0 radical (unpaired) electrons. The summed E-state index contributed by atoms with van der Waals surface area (Å²) < 4.78 is 5.58. The van der Waals surface area contributed by atoms with Crippen molar-refractivity contribution in [1.29, 1.82) is 0 Å². The van der Waals surface area contributed by atoms with Gasteiger partial charge in [0.15, 0.2) is 6.10 Å². The Labute approximate surface area is 132 Å². The highest BCUT2D eigenvalue weighted by Gasteiger charge is 2.29. The van der Waals surface area contributed by atoms with Gasteiger partial charge in [-0.15, -0.1) is 0 Å². The highest BCUT2D eigenvalue weighted by atomic mass is 35.5. The summed E-state index contributed by atoms with van der Waals surface area (Å²) in [6, 6.07) is 13.8. The van der Waals surface area contributed by atoms with Crippen LogP contribution < -0.4 is 15.4 Å². The number of para-hydroxylation sites is 2. The first-order chi connectivity index (χ1) is 10.6. The van der Waals surface area contributed by atoms with Crippen molar-refractivity contribution >= 4 is 34.8 Å². The molecule has 0 bridgehead atoms. The summed E-state index contributed by atoms with van der Waals surface area (Å²) in [7, 11) is 0. The molecular weight excluding hydrogens is 304 g/mol. The Morgan fingerprint density at radius 3 is 2.68 bits per heavy atom. The minimum absolute atomic E-state index is 0.0667. The van der Waals surface area contributed by atoms with Crippen LogP contribution in [0, 0.1) is 0 Å². The highest BCUT2D eigenvalue weighted by molar-refractivity contribution is 6.30. The van der Waals surface area contributed by atoms with E-state index in [1.807, 2.05) is 0 Å². The van der Waals surface area contributed by atoms with Gasteiger partial charge in [0.25, 0.3) is 5.91 Å². The molecule has 1 unspecified atom stereocenters. The van der Waals surface area contributed by atoms with E-state index in [-0.39, 0.29) is 18.2 Å².